The zero-order chi connectivity index (χ0) is 27.0. The Morgan fingerprint density at radius 2 is 1.74 bits per heavy atom. The van der Waals surface area contributed by atoms with Crippen molar-refractivity contribution >= 4 is 29.7 Å². The van der Waals surface area contributed by atoms with Crippen LogP contribution >= 0.6 is 11.8 Å². The van der Waals surface area contributed by atoms with Gasteiger partial charge in [0, 0.05) is 17.8 Å². The van der Waals surface area contributed by atoms with Gasteiger partial charge in [-0.05, 0) is 88.2 Å². The van der Waals surface area contributed by atoms with E-state index in [0.717, 1.165) is 61.7 Å². The number of carbonyl (C=O) groups is 2. The van der Waals surface area contributed by atoms with E-state index in [1.807, 2.05) is 11.0 Å². The second-order valence-electron chi connectivity index (χ2n) is 11.5. The van der Waals surface area contributed by atoms with Crippen molar-refractivity contribution in [2.75, 3.05) is 32.7 Å². The Balaban J connectivity index is 1.07. The maximum atomic E-state index is 13.5. The molecule has 0 bridgehead atoms. The number of benzene rings is 2. The van der Waals surface area contributed by atoms with Crippen LogP contribution in [0.1, 0.15) is 61.6 Å². The molecule has 0 radical (unpaired) electrons. The van der Waals surface area contributed by atoms with Crippen molar-refractivity contribution in [3.05, 3.63) is 76.2 Å². The smallest absolute Gasteiger partial charge is 0.261 e. The summed E-state index contributed by atoms with van der Waals surface area (Å²) in [5, 5.41) is 3.49. The maximum Gasteiger partial charge on any atom is 0.261 e. The SMILES string of the molecule is Cc1ccc(/C=C2\SC3CCCCC3N(CC(=O)NCCCN3CCC(Cc4ccccc4)CC3)C2=O)cc1. The Hall–Kier alpha value is -2.57. The van der Waals surface area contributed by atoms with E-state index in [-0.39, 0.29) is 24.4 Å². The lowest BCUT2D eigenvalue weighted by molar-refractivity contribution is -0.135. The predicted molar refractivity (Wildman–Crippen MR) is 161 cm³/mol. The summed E-state index contributed by atoms with van der Waals surface area (Å²) in [6.07, 6.45) is 11.1. The normalized spacial score (nSPS) is 23.6. The average molecular weight is 546 g/mol. The molecular weight excluding hydrogens is 502 g/mol. The summed E-state index contributed by atoms with van der Waals surface area (Å²) < 4.78 is 0. The quantitative estimate of drug-likeness (QED) is 0.325. The third-order valence-electron chi connectivity index (χ3n) is 8.55. The number of aryl methyl sites for hydroxylation is 1. The molecule has 2 aromatic rings. The second-order valence-corrected chi connectivity index (χ2v) is 12.8. The van der Waals surface area contributed by atoms with Gasteiger partial charge in [0.05, 0.1) is 4.91 Å². The summed E-state index contributed by atoms with van der Waals surface area (Å²) in [4.78, 5) is 31.6. The zero-order valence-corrected chi connectivity index (χ0v) is 24.1. The molecule has 5 rings (SSSR count). The Labute approximate surface area is 238 Å². The lowest BCUT2D eigenvalue weighted by atomic mass is 9.90. The van der Waals surface area contributed by atoms with E-state index in [4.69, 9.17) is 0 Å². The summed E-state index contributed by atoms with van der Waals surface area (Å²) in [7, 11) is 0. The molecule has 1 saturated carbocycles. The third kappa shape index (κ3) is 7.76. The van der Waals surface area contributed by atoms with Crippen LogP contribution in [0.3, 0.4) is 0 Å². The van der Waals surface area contributed by atoms with Crippen molar-refractivity contribution in [2.24, 2.45) is 5.92 Å². The molecule has 2 unspecified atom stereocenters. The first kappa shape index (κ1) is 28.0. The topological polar surface area (TPSA) is 52.7 Å². The number of piperidine rings is 1. The Morgan fingerprint density at radius 1 is 1.00 bits per heavy atom. The van der Waals surface area contributed by atoms with Crippen LogP contribution in [0.2, 0.25) is 0 Å². The van der Waals surface area contributed by atoms with Gasteiger partial charge in [-0.25, -0.2) is 0 Å². The van der Waals surface area contributed by atoms with E-state index in [0.29, 0.717) is 11.8 Å². The summed E-state index contributed by atoms with van der Waals surface area (Å²) in [5.41, 5.74) is 3.69. The van der Waals surface area contributed by atoms with Gasteiger partial charge in [-0.15, -0.1) is 11.8 Å². The van der Waals surface area contributed by atoms with Gasteiger partial charge in [0.15, 0.2) is 0 Å². The van der Waals surface area contributed by atoms with Crippen molar-refractivity contribution in [3.8, 4) is 0 Å². The number of thioether (sulfide) groups is 1. The molecule has 3 aliphatic rings. The van der Waals surface area contributed by atoms with Crippen LogP contribution in [0.4, 0.5) is 0 Å². The van der Waals surface area contributed by atoms with Crippen LogP contribution in [0.15, 0.2) is 59.5 Å². The molecule has 2 atom stereocenters. The van der Waals surface area contributed by atoms with Crippen LogP contribution in [-0.2, 0) is 16.0 Å². The monoisotopic (exact) mass is 545 g/mol. The van der Waals surface area contributed by atoms with Gasteiger partial charge in [0.25, 0.3) is 5.91 Å². The fraction of sp³-hybridized carbons (Fsp3) is 0.515. The fourth-order valence-corrected chi connectivity index (χ4v) is 7.75. The molecule has 2 amide bonds. The minimum atomic E-state index is -0.0316. The highest BCUT2D eigenvalue weighted by Crippen LogP contribution is 2.42. The summed E-state index contributed by atoms with van der Waals surface area (Å²) >= 11 is 1.72. The molecule has 5 nitrogen and oxygen atoms in total. The first-order valence-corrected chi connectivity index (χ1v) is 15.7. The highest BCUT2D eigenvalue weighted by Gasteiger charge is 2.41. The molecule has 1 aliphatic carbocycles. The number of hydrogen-bond acceptors (Lipinski definition) is 4. The van der Waals surface area contributed by atoms with Gasteiger partial charge >= 0.3 is 0 Å². The van der Waals surface area contributed by atoms with Crippen LogP contribution in [0.25, 0.3) is 6.08 Å². The summed E-state index contributed by atoms with van der Waals surface area (Å²) in [6.45, 7) is 6.21. The number of fused-ring (bicyclic) bond motifs is 1. The number of likely N-dealkylation sites (tertiary alicyclic amines) is 1. The van der Waals surface area contributed by atoms with Crippen LogP contribution < -0.4 is 5.32 Å². The molecule has 0 spiro atoms. The molecule has 6 heteroatoms. The van der Waals surface area contributed by atoms with E-state index >= 15 is 0 Å². The fourth-order valence-electron chi connectivity index (χ4n) is 6.28. The highest BCUT2D eigenvalue weighted by atomic mass is 32.2. The lowest BCUT2D eigenvalue weighted by Crippen LogP contribution is -2.54. The highest BCUT2D eigenvalue weighted by molar-refractivity contribution is 8.04. The molecular formula is C33H43N3O2S. The first-order chi connectivity index (χ1) is 19.0. The first-order valence-electron chi connectivity index (χ1n) is 14.8. The number of hydrogen-bond donors (Lipinski definition) is 1. The van der Waals surface area contributed by atoms with Crippen LogP contribution in [0, 0.1) is 12.8 Å². The maximum absolute atomic E-state index is 13.5. The Bertz CT molecular complexity index is 1130. The van der Waals surface area contributed by atoms with Gasteiger partial charge in [-0.3, -0.25) is 9.59 Å². The van der Waals surface area contributed by atoms with E-state index < -0.39 is 0 Å². The van der Waals surface area contributed by atoms with Crippen molar-refractivity contribution in [1.29, 1.82) is 0 Å². The van der Waals surface area contributed by atoms with Crippen molar-refractivity contribution in [3.63, 3.8) is 0 Å². The number of amides is 2. The van der Waals surface area contributed by atoms with Gasteiger partial charge in [-0.2, -0.15) is 0 Å². The van der Waals surface area contributed by atoms with Gasteiger partial charge in [0.2, 0.25) is 5.91 Å². The molecule has 39 heavy (non-hydrogen) atoms. The number of nitrogens with one attached hydrogen (secondary N) is 1. The molecule has 2 aliphatic heterocycles. The minimum absolute atomic E-state index is 0.0113. The number of carbonyl (C=O) groups excluding carboxylic acids is 2. The number of rotatable bonds is 9. The molecule has 1 N–H and O–H groups in total. The van der Waals surface area contributed by atoms with E-state index in [9.17, 15) is 9.59 Å². The predicted octanol–water partition coefficient (Wildman–Crippen LogP) is 5.68. The molecule has 2 saturated heterocycles. The van der Waals surface area contributed by atoms with E-state index in [2.05, 4.69) is 71.7 Å². The van der Waals surface area contributed by atoms with Crippen molar-refractivity contribution < 1.29 is 9.59 Å². The standard InChI is InChI=1S/C33H43N3O2S/c1-25-12-14-27(15-13-25)23-31-33(38)36(29-10-5-6-11-30(29)39-31)24-32(37)34-18-7-19-35-20-16-28(17-21-35)22-26-8-3-2-4-9-26/h2-4,8-9,12-15,23,28-30H,5-7,10-11,16-22,24H2,1H3,(H,34,37)/b31-23-. The second kappa shape index (κ2) is 13.7. The molecule has 0 aromatic heterocycles. The average Bonchev–Trinajstić information content (AvgIpc) is 2.96. The Morgan fingerprint density at radius 3 is 2.51 bits per heavy atom. The van der Waals surface area contributed by atoms with Gasteiger partial charge in [-0.1, -0.05) is 73.0 Å². The summed E-state index contributed by atoms with van der Waals surface area (Å²) in [6, 6.07) is 19.3. The van der Waals surface area contributed by atoms with Crippen LogP contribution in [-0.4, -0.2) is 65.6 Å². The van der Waals surface area contributed by atoms with Crippen LogP contribution in [0.5, 0.6) is 0 Å². The van der Waals surface area contributed by atoms with Gasteiger partial charge < -0.3 is 15.1 Å². The number of nitrogens with zero attached hydrogens (tertiary/aromatic N) is 2. The molecule has 208 valence electrons. The minimum Gasteiger partial charge on any atom is -0.355 e. The van der Waals surface area contributed by atoms with E-state index in [1.54, 1.807) is 11.8 Å². The Kier molecular flexibility index (Phi) is 9.81. The summed E-state index contributed by atoms with van der Waals surface area (Å²) in [5.74, 6) is 0.755. The largest absolute Gasteiger partial charge is 0.355 e. The van der Waals surface area contributed by atoms with Crippen molar-refractivity contribution in [1.82, 2.24) is 15.1 Å². The van der Waals surface area contributed by atoms with Crippen molar-refractivity contribution in [2.45, 2.75) is 69.6 Å². The molecule has 3 fully saturated rings. The zero-order valence-electron chi connectivity index (χ0n) is 23.3. The van der Waals surface area contributed by atoms with Gasteiger partial charge in [0.1, 0.15) is 6.54 Å². The molecule has 2 aromatic carbocycles. The molecule has 2 heterocycles. The third-order valence-corrected chi connectivity index (χ3v) is 9.95. The lowest BCUT2D eigenvalue weighted by Gasteiger charge is -2.43. The van der Waals surface area contributed by atoms with E-state index in [1.165, 1.54) is 36.8 Å².